The average Bonchev–Trinajstić information content (AvgIpc) is 3.02. The smallest absolute Gasteiger partial charge is 0.411 e. The van der Waals surface area contributed by atoms with E-state index in [2.05, 4.69) is 15.4 Å². The van der Waals surface area contributed by atoms with Gasteiger partial charge in [0.25, 0.3) is 5.91 Å². The highest BCUT2D eigenvalue weighted by atomic mass is 16.5. The number of methoxy groups -OCH3 is 1. The highest BCUT2D eigenvalue weighted by molar-refractivity contribution is 6.08. The van der Waals surface area contributed by atoms with Crippen molar-refractivity contribution < 1.29 is 24.0 Å². The van der Waals surface area contributed by atoms with Crippen molar-refractivity contribution in [2.75, 3.05) is 17.7 Å². The first-order chi connectivity index (χ1) is 12.5. The number of anilines is 2. The van der Waals surface area contributed by atoms with E-state index in [9.17, 15) is 14.7 Å². The highest BCUT2D eigenvalue weighted by Gasteiger charge is 2.15. The fourth-order valence-corrected chi connectivity index (χ4v) is 2.68. The fraction of sp³-hybridized carbons (Fsp3) is 0.167. The molecule has 0 spiro atoms. The van der Waals surface area contributed by atoms with Crippen molar-refractivity contribution >= 4 is 34.1 Å². The van der Waals surface area contributed by atoms with Gasteiger partial charge >= 0.3 is 6.09 Å². The molecular formula is C18H19N4O4+. The molecule has 2 aromatic carbocycles. The largest absolute Gasteiger partial charge is 0.505 e. The highest BCUT2D eigenvalue weighted by Crippen LogP contribution is 2.37. The quantitative estimate of drug-likeness (QED) is 0.492. The number of carbonyl (C=O) groups excluding carboxylic acids is 2. The summed E-state index contributed by atoms with van der Waals surface area (Å²) in [5.41, 5.74) is 0.651. The van der Waals surface area contributed by atoms with E-state index in [1.165, 1.54) is 7.11 Å². The maximum absolute atomic E-state index is 12.3. The van der Waals surface area contributed by atoms with Gasteiger partial charge in [-0.15, -0.1) is 0 Å². The number of nitrogens with zero attached hydrogens (tertiary/aromatic N) is 2. The van der Waals surface area contributed by atoms with Gasteiger partial charge in [0.15, 0.2) is 6.54 Å². The van der Waals surface area contributed by atoms with Crippen LogP contribution in [0.2, 0.25) is 0 Å². The van der Waals surface area contributed by atoms with Crippen LogP contribution < -0.4 is 15.2 Å². The van der Waals surface area contributed by atoms with E-state index in [1.54, 1.807) is 47.4 Å². The van der Waals surface area contributed by atoms with E-state index in [1.807, 2.05) is 17.8 Å². The Kier molecular flexibility index (Phi) is 4.74. The normalized spacial score (nSPS) is 10.5. The molecule has 0 aliphatic carbocycles. The Morgan fingerprint density at radius 2 is 2.00 bits per heavy atom. The number of phenolic OH excluding ortho intramolecular Hbond substituents is 1. The average molecular weight is 355 g/mol. The number of nitrogens with one attached hydrogen (secondary N) is 2. The predicted octanol–water partition coefficient (Wildman–Crippen LogP) is 1.99. The molecule has 2 amide bonds. The Balaban J connectivity index is 1.90. The van der Waals surface area contributed by atoms with Crippen molar-refractivity contribution in [2.24, 2.45) is 7.05 Å². The second-order valence-corrected chi connectivity index (χ2v) is 5.78. The SMILES string of the molecule is COC(=O)Nc1ccc2cccc(NC(=O)Cn3cc[n+](C)c3)c2c1O. The molecule has 134 valence electrons. The minimum Gasteiger partial charge on any atom is -0.505 e. The van der Waals surface area contributed by atoms with Crippen LogP contribution in [-0.2, 0) is 23.1 Å². The molecule has 0 aliphatic rings. The summed E-state index contributed by atoms with van der Waals surface area (Å²) in [6.07, 6.45) is 4.72. The molecular weight excluding hydrogens is 336 g/mol. The topological polar surface area (TPSA) is 96.5 Å². The molecule has 1 heterocycles. The molecule has 0 fully saturated rings. The third kappa shape index (κ3) is 3.59. The zero-order valence-electron chi connectivity index (χ0n) is 14.4. The van der Waals surface area contributed by atoms with E-state index in [0.717, 1.165) is 5.39 Å². The molecule has 0 bridgehead atoms. The summed E-state index contributed by atoms with van der Waals surface area (Å²) >= 11 is 0. The second-order valence-electron chi connectivity index (χ2n) is 5.78. The number of hydrogen-bond acceptors (Lipinski definition) is 4. The van der Waals surface area contributed by atoms with Gasteiger partial charge < -0.3 is 15.2 Å². The summed E-state index contributed by atoms with van der Waals surface area (Å²) in [4.78, 5) is 23.8. The standard InChI is InChI=1S/C18H18N4O4/c1-21-8-9-22(11-21)10-15(23)19-13-5-3-4-12-6-7-14(17(24)16(12)13)20-18(25)26-2/h3-9,11H,10H2,1-2H3,(H2-,19,20,23,24,25)/p+1. The van der Waals surface area contributed by atoms with E-state index in [-0.39, 0.29) is 23.9 Å². The van der Waals surface area contributed by atoms with Gasteiger partial charge in [-0.25, -0.2) is 13.9 Å². The van der Waals surface area contributed by atoms with Crippen LogP contribution in [-0.4, -0.2) is 28.8 Å². The summed E-state index contributed by atoms with van der Waals surface area (Å²) in [6, 6.07) is 8.58. The fourth-order valence-electron chi connectivity index (χ4n) is 2.68. The minimum atomic E-state index is -0.693. The first-order valence-electron chi connectivity index (χ1n) is 7.88. The Hall–Kier alpha value is -3.55. The van der Waals surface area contributed by atoms with Gasteiger partial charge in [0.05, 0.1) is 25.5 Å². The number of aromatic hydroxyl groups is 1. The van der Waals surface area contributed by atoms with Crippen molar-refractivity contribution in [3.05, 3.63) is 49.1 Å². The molecule has 0 saturated heterocycles. The van der Waals surface area contributed by atoms with Crippen LogP contribution >= 0.6 is 0 Å². The van der Waals surface area contributed by atoms with Gasteiger partial charge in [0.1, 0.15) is 18.1 Å². The second kappa shape index (κ2) is 7.14. The predicted molar refractivity (Wildman–Crippen MR) is 95.9 cm³/mol. The van der Waals surface area contributed by atoms with Gasteiger partial charge in [-0.1, -0.05) is 18.2 Å². The Bertz CT molecular complexity index is 980. The lowest BCUT2D eigenvalue weighted by Gasteiger charge is -2.13. The van der Waals surface area contributed by atoms with Crippen molar-refractivity contribution in [3.63, 3.8) is 0 Å². The maximum atomic E-state index is 12.3. The number of ether oxygens (including phenoxy) is 1. The molecule has 1 aromatic heterocycles. The minimum absolute atomic E-state index is 0.137. The summed E-state index contributed by atoms with van der Waals surface area (Å²) in [5.74, 6) is -0.379. The number of fused-ring (bicyclic) bond motifs is 1. The number of phenols is 1. The Morgan fingerprint density at radius 1 is 1.19 bits per heavy atom. The summed E-state index contributed by atoms with van der Waals surface area (Å²) in [7, 11) is 3.10. The molecule has 3 aromatic rings. The first kappa shape index (κ1) is 17.3. The lowest BCUT2D eigenvalue weighted by atomic mass is 10.1. The Labute approximate surface area is 149 Å². The molecule has 0 unspecified atom stereocenters. The van der Waals surface area contributed by atoms with Gasteiger partial charge in [-0.05, 0) is 17.5 Å². The number of benzene rings is 2. The number of amides is 2. The van der Waals surface area contributed by atoms with Gasteiger partial charge in [0.2, 0.25) is 6.33 Å². The van der Waals surface area contributed by atoms with E-state index >= 15 is 0 Å². The summed E-state index contributed by atoms with van der Waals surface area (Å²) in [5, 5.41) is 17.0. The van der Waals surface area contributed by atoms with E-state index in [4.69, 9.17) is 0 Å². The van der Waals surface area contributed by atoms with E-state index < -0.39 is 6.09 Å². The van der Waals surface area contributed by atoms with E-state index in [0.29, 0.717) is 11.1 Å². The maximum Gasteiger partial charge on any atom is 0.411 e. The molecule has 8 nitrogen and oxygen atoms in total. The molecule has 3 rings (SSSR count). The summed E-state index contributed by atoms with van der Waals surface area (Å²) in [6.45, 7) is 0.137. The summed E-state index contributed by atoms with van der Waals surface area (Å²) < 4.78 is 8.12. The van der Waals surface area contributed by atoms with Crippen LogP contribution in [0.3, 0.4) is 0 Å². The number of carbonyl (C=O) groups is 2. The Morgan fingerprint density at radius 3 is 2.69 bits per heavy atom. The van der Waals surface area contributed by atoms with Crippen LogP contribution in [0.15, 0.2) is 49.1 Å². The molecule has 0 atom stereocenters. The van der Waals surface area contributed by atoms with Crippen molar-refractivity contribution in [3.8, 4) is 5.75 Å². The van der Waals surface area contributed by atoms with Crippen LogP contribution in [0, 0.1) is 0 Å². The molecule has 0 radical (unpaired) electrons. The van der Waals surface area contributed by atoms with Crippen LogP contribution in [0.4, 0.5) is 16.2 Å². The molecule has 8 heteroatoms. The molecule has 0 saturated carbocycles. The van der Waals surface area contributed by atoms with Gasteiger partial charge in [-0.3, -0.25) is 10.1 Å². The number of rotatable bonds is 4. The number of aryl methyl sites for hydroxylation is 1. The van der Waals surface area contributed by atoms with Crippen molar-refractivity contribution in [1.82, 2.24) is 4.57 Å². The lowest BCUT2D eigenvalue weighted by Crippen LogP contribution is -2.25. The number of hydrogen-bond donors (Lipinski definition) is 3. The third-order valence-corrected chi connectivity index (χ3v) is 3.86. The number of aromatic nitrogens is 2. The first-order valence-corrected chi connectivity index (χ1v) is 7.88. The zero-order chi connectivity index (χ0) is 18.7. The third-order valence-electron chi connectivity index (χ3n) is 3.86. The monoisotopic (exact) mass is 355 g/mol. The van der Waals surface area contributed by atoms with Crippen LogP contribution in [0.1, 0.15) is 0 Å². The number of imidazole rings is 1. The molecule has 0 aliphatic heterocycles. The zero-order valence-corrected chi connectivity index (χ0v) is 14.4. The van der Waals surface area contributed by atoms with Crippen molar-refractivity contribution in [1.29, 1.82) is 0 Å². The van der Waals surface area contributed by atoms with Gasteiger partial charge in [0, 0.05) is 5.39 Å². The van der Waals surface area contributed by atoms with Crippen LogP contribution in [0.25, 0.3) is 10.8 Å². The molecule has 26 heavy (non-hydrogen) atoms. The van der Waals surface area contributed by atoms with Crippen LogP contribution in [0.5, 0.6) is 5.75 Å². The van der Waals surface area contributed by atoms with Crippen molar-refractivity contribution in [2.45, 2.75) is 6.54 Å². The van der Waals surface area contributed by atoms with Gasteiger partial charge in [-0.2, -0.15) is 0 Å². The molecule has 3 N–H and O–H groups in total. The lowest BCUT2D eigenvalue weighted by molar-refractivity contribution is -0.671.